The first-order chi connectivity index (χ1) is 12.6. The summed E-state index contributed by atoms with van der Waals surface area (Å²) in [6.07, 6.45) is 8.54. The van der Waals surface area contributed by atoms with E-state index in [4.69, 9.17) is 0 Å². The zero-order valence-corrected chi connectivity index (χ0v) is 20.5. The van der Waals surface area contributed by atoms with Crippen LogP contribution in [0.15, 0.2) is 0 Å². The number of hydrogen-bond donors (Lipinski definition) is 0. The fourth-order valence-electron chi connectivity index (χ4n) is 6.47. The van der Waals surface area contributed by atoms with Crippen LogP contribution in [0.1, 0.15) is 108 Å². The monoisotopic (exact) mass is 376 g/mol. The molecule has 2 aliphatic carbocycles. The highest BCUT2D eigenvalue weighted by Gasteiger charge is 2.72. The van der Waals surface area contributed by atoms with Crippen molar-refractivity contribution in [2.24, 2.45) is 64.6 Å². The maximum Gasteiger partial charge on any atom is -0.0297 e. The average Bonchev–Trinajstić information content (AvgIpc) is 3.51. The lowest BCUT2D eigenvalue weighted by Gasteiger charge is -2.44. The van der Waals surface area contributed by atoms with E-state index in [-0.39, 0.29) is 0 Å². The third-order valence-corrected chi connectivity index (χ3v) is 9.43. The Bertz CT molecular complexity index is 439. The lowest BCUT2D eigenvalue weighted by Crippen LogP contribution is -2.37. The van der Waals surface area contributed by atoms with Gasteiger partial charge in [0.2, 0.25) is 0 Å². The summed E-state index contributed by atoms with van der Waals surface area (Å²) in [6, 6.07) is 0. The van der Waals surface area contributed by atoms with E-state index < -0.39 is 0 Å². The molecule has 0 aromatic heterocycles. The topological polar surface area (TPSA) is 0 Å². The highest BCUT2D eigenvalue weighted by atomic mass is 14.8. The van der Waals surface area contributed by atoms with Crippen molar-refractivity contribution in [1.29, 1.82) is 0 Å². The van der Waals surface area contributed by atoms with Gasteiger partial charge in [0.05, 0.1) is 0 Å². The van der Waals surface area contributed by atoms with Crippen LogP contribution in [-0.2, 0) is 0 Å². The third kappa shape index (κ3) is 5.33. The van der Waals surface area contributed by atoms with E-state index >= 15 is 0 Å². The molecule has 0 heterocycles. The van der Waals surface area contributed by atoms with E-state index in [1.54, 1.807) is 0 Å². The van der Waals surface area contributed by atoms with Gasteiger partial charge in [-0.15, -0.1) is 0 Å². The summed E-state index contributed by atoms with van der Waals surface area (Å²) in [6.45, 7) is 24.8. The number of fused-ring (bicyclic) bond motifs is 1. The molecule has 0 amide bonds. The molecular weight excluding hydrogens is 324 g/mol. The van der Waals surface area contributed by atoms with Gasteiger partial charge in [-0.25, -0.2) is 0 Å². The molecule has 0 aliphatic heterocycles. The summed E-state index contributed by atoms with van der Waals surface area (Å²) in [5.41, 5.74) is 0.545. The first-order valence-corrected chi connectivity index (χ1v) is 12.6. The van der Waals surface area contributed by atoms with Gasteiger partial charge in [0.15, 0.2) is 0 Å². The van der Waals surface area contributed by atoms with Crippen LogP contribution in [0.4, 0.5) is 0 Å². The molecule has 7 atom stereocenters. The molecule has 2 aliphatic rings. The Hall–Kier alpha value is 0. The predicted molar refractivity (Wildman–Crippen MR) is 122 cm³/mol. The standard InChI is InChI=1S/C27H52/c1-11-19(7)20(8)22(14-13-17(3)4)21(9)27(10,12-2)16-24-25-23(26(24)25)15-18(5)6/h17-26H,11-16H2,1-10H3. The molecule has 0 nitrogen and oxygen atoms in total. The molecule has 2 saturated carbocycles. The van der Waals surface area contributed by atoms with Crippen molar-refractivity contribution in [2.75, 3.05) is 0 Å². The van der Waals surface area contributed by atoms with E-state index in [1.165, 1.54) is 38.5 Å². The Morgan fingerprint density at radius 1 is 0.778 bits per heavy atom. The van der Waals surface area contributed by atoms with E-state index in [1.807, 2.05) is 0 Å². The third-order valence-electron chi connectivity index (χ3n) is 9.43. The summed E-state index contributed by atoms with van der Waals surface area (Å²) < 4.78 is 0. The van der Waals surface area contributed by atoms with Gasteiger partial charge in [0, 0.05) is 0 Å². The first kappa shape index (κ1) is 23.3. The van der Waals surface area contributed by atoms with Gasteiger partial charge >= 0.3 is 0 Å². The molecule has 2 fully saturated rings. The molecule has 2 rings (SSSR count). The minimum Gasteiger partial charge on any atom is -0.0651 e. The average molecular weight is 377 g/mol. The molecule has 160 valence electrons. The van der Waals surface area contributed by atoms with Gasteiger partial charge < -0.3 is 0 Å². The van der Waals surface area contributed by atoms with Crippen molar-refractivity contribution in [1.82, 2.24) is 0 Å². The molecule has 0 heteroatoms. The molecule has 0 aromatic carbocycles. The smallest absolute Gasteiger partial charge is 0.0297 e. The fraction of sp³-hybridized carbons (Fsp3) is 1.00. The summed E-state index contributed by atoms with van der Waals surface area (Å²) in [4.78, 5) is 0. The van der Waals surface area contributed by atoms with Crippen molar-refractivity contribution >= 4 is 0 Å². The lowest BCUT2D eigenvalue weighted by molar-refractivity contribution is 0.0478. The summed E-state index contributed by atoms with van der Waals surface area (Å²) in [5.74, 6) is 9.67. The maximum absolute atomic E-state index is 2.65. The Morgan fingerprint density at radius 2 is 1.37 bits per heavy atom. The van der Waals surface area contributed by atoms with Crippen LogP contribution in [-0.4, -0.2) is 0 Å². The molecule has 0 spiro atoms. The number of rotatable bonds is 13. The maximum atomic E-state index is 2.65. The van der Waals surface area contributed by atoms with Crippen molar-refractivity contribution in [3.05, 3.63) is 0 Å². The van der Waals surface area contributed by atoms with Crippen LogP contribution in [0.25, 0.3) is 0 Å². The highest BCUT2D eigenvalue weighted by Crippen LogP contribution is 2.77. The largest absolute Gasteiger partial charge is 0.0651 e. The van der Waals surface area contributed by atoms with Gasteiger partial charge in [-0.05, 0) is 83.9 Å². The Labute approximate surface area is 172 Å². The van der Waals surface area contributed by atoms with Crippen molar-refractivity contribution in [2.45, 2.75) is 108 Å². The van der Waals surface area contributed by atoms with Crippen molar-refractivity contribution in [3.63, 3.8) is 0 Å². The van der Waals surface area contributed by atoms with Crippen LogP contribution >= 0.6 is 0 Å². The quantitative estimate of drug-likeness (QED) is 0.301. The van der Waals surface area contributed by atoms with Crippen LogP contribution in [0.3, 0.4) is 0 Å². The first-order valence-electron chi connectivity index (χ1n) is 12.6. The lowest BCUT2D eigenvalue weighted by atomic mass is 9.61. The van der Waals surface area contributed by atoms with E-state index in [0.717, 1.165) is 59.2 Å². The minimum atomic E-state index is 0.545. The predicted octanol–water partition coefficient (Wildman–Crippen LogP) is 8.70. The van der Waals surface area contributed by atoms with E-state index in [2.05, 4.69) is 69.2 Å². The van der Waals surface area contributed by atoms with Crippen molar-refractivity contribution in [3.8, 4) is 0 Å². The molecule has 0 bridgehead atoms. The molecular formula is C27H52. The molecule has 0 aromatic rings. The van der Waals surface area contributed by atoms with Gasteiger partial charge in [-0.3, -0.25) is 0 Å². The van der Waals surface area contributed by atoms with E-state index in [0.29, 0.717) is 5.41 Å². The second kappa shape index (κ2) is 9.21. The zero-order chi connectivity index (χ0) is 20.5. The van der Waals surface area contributed by atoms with Gasteiger partial charge in [0.25, 0.3) is 0 Å². The SMILES string of the molecule is CCC(C)C(C)C(CCC(C)C)C(C)C(C)(CC)CC1C2C(CC(C)C)C12. The van der Waals surface area contributed by atoms with Crippen molar-refractivity contribution < 1.29 is 0 Å². The molecule has 27 heavy (non-hydrogen) atoms. The van der Waals surface area contributed by atoms with Gasteiger partial charge in [0.1, 0.15) is 0 Å². The Morgan fingerprint density at radius 3 is 1.81 bits per heavy atom. The van der Waals surface area contributed by atoms with Gasteiger partial charge in [-0.2, -0.15) is 0 Å². The Balaban J connectivity index is 2.00. The van der Waals surface area contributed by atoms with Crippen LogP contribution in [0.5, 0.6) is 0 Å². The zero-order valence-electron chi connectivity index (χ0n) is 20.5. The number of hydrogen-bond acceptors (Lipinski definition) is 0. The second-order valence-corrected chi connectivity index (χ2v) is 12.0. The Kier molecular flexibility index (Phi) is 7.94. The highest BCUT2D eigenvalue weighted by molar-refractivity contribution is 5.20. The van der Waals surface area contributed by atoms with Crippen LogP contribution in [0, 0.1) is 64.6 Å². The van der Waals surface area contributed by atoms with Gasteiger partial charge in [-0.1, -0.05) is 88.5 Å². The van der Waals surface area contributed by atoms with E-state index in [9.17, 15) is 0 Å². The fourth-order valence-corrected chi connectivity index (χ4v) is 6.47. The summed E-state index contributed by atoms with van der Waals surface area (Å²) in [7, 11) is 0. The van der Waals surface area contributed by atoms with Crippen LogP contribution in [0.2, 0.25) is 0 Å². The van der Waals surface area contributed by atoms with Crippen LogP contribution < -0.4 is 0 Å². The molecule has 7 unspecified atom stereocenters. The molecule has 0 radical (unpaired) electrons. The summed E-state index contributed by atoms with van der Waals surface area (Å²) >= 11 is 0. The minimum absolute atomic E-state index is 0.545. The normalized spacial score (nSPS) is 33.3. The molecule has 0 saturated heterocycles. The summed E-state index contributed by atoms with van der Waals surface area (Å²) in [5, 5.41) is 0. The second-order valence-electron chi connectivity index (χ2n) is 12.0. The molecule has 0 N–H and O–H groups in total.